The topological polar surface area (TPSA) is 34.0 Å². The summed E-state index contributed by atoms with van der Waals surface area (Å²) < 4.78 is 5.67. The van der Waals surface area contributed by atoms with Crippen molar-refractivity contribution in [2.45, 2.75) is 26.3 Å². The van der Waals surface area contributed by atoms with Crippen molar-refractivity contribution in [3.8, 4) is 5.75 Å². The number of quaternary nitrogens is 1. The Labute approximate surface area is 156 Å². The van der Waals surface area contributed by atoms with E-state index in [1.807, 2.05) is 29.2 Å². The molecule has 0 unspecified atom stereocenters. The lowest BCUT2D eigenvalue weighted by atomic mass is 10.1. The first-order valence-electron chi connectivity index (χ1n) is 9.66. The number of ether oxygens (including phenoxy) is 1. The molecular formula is C22H29N2O2+. The monoisotopic (exact) mass is 353 g/mol. The number of rotatable bonds is 7. The summed E-state index contributed by atoms with van der Waals surface area (Å²) in [6.07, 6.45) is 2.17. The van der Waals surface area contributed by atoms with Gasteiger partial charge in [-0.05, 0) is 30.7 Å². The van der Waals surface area contributed by atoms with Gasteiger partial charge in [0.1, 0.15) is 12.3 Å². The number of piperazine rings is 1. The fraction of sp³-hybridized carbons (Fsp3) is 0.409. The maximum absolute atomic E-state index is 12.7. The van der Waals surface area contributed by atoms with E-state index in [1.54, 1.807) is 4.90 Å². The molecule has 26 heavy (non-hydrogen) atoms. The van der Waals surface area contributed by atoms with Crippen LogP contribution in [0.5, 0.6) is 5.75 Å². The van der Waals surface area contributed by atoms with Gasteiger partial charge in [0.25, 0.3) is 5.91 Å². The summed E-state index contributed by atoms with van der Waals surface area (Å²) in [6.45, 7) is 7.54. The molecule has 3 rings (SSSR count). The van der Waals surface area contributed by atoms with E-state index >= 15 is 0 Å². The van der Waals surface area contributed by atoms with Gasteiger partial charge in [-0.25, -0.2) is 0 Å². The van der Waals surface area contributed by atoms with Crippen LogP contribution < -0.4 is 9.64 Å². The van der Waals surface area contributed by atoms with Gasteiger partial charge in [0.05, 0.1) is 32.8 Å². The number of hydrogen-bond donors (Lipinski definition) is 1. The van der Waals surface area contributed by atoms with Crippen LogP contribution in [0.1, 0.15) is 35.7 Å². The van der Waals surface area contributed by atoms with Crippen LogP contribution in [-0.4, -0.2) is 43.6 Å². The highest BCUT2D eigenvalue weighted by atomic mass is 16.5. The number of benzene rings is 2. The second kappa shape index (κ2) is 9.39. The quantitative estimate of drug-likeness (QED) is 0.776. The normalized spacial score (nSPS) is 15.0. The van der Waals surface area contributed by atoms with Crippen molar-refractivity contribution < 1.29 is 14.4 Å². The van der Waals surface area contributed by atoms with Crippen LogP contribution in [0.2, 0.25) is 0 Å². The zero-order valence-corrected chi connectivity index (χ0v) is 15.6. The molecule has 138 valence electrons. The van der Waals surface area contributed by atoms with E-state index < -0.39 is 0 Å². The third kappa shape index (κ3) is 5.09. The zero-order chi connectivity index (χ0) is 18.2. The lowest BCUT2D eigenvalue weighted by molar-refractivity contribution is -0.917. The molecule has 0 bridgehead atoms. The second-order valence-corrected chi connectivity index (χ2v) is 6.93. The predicted molar refractivity (Wildman–Crippen MR) is 104 cm³/mol. The Morgan fingerprint density at radius 3 is 2.38 bits per heavy atom. The molecule has 0 aromatic heterocycles. The molecule has 0 aliphatic carbocycles. The molecule has 0 saturated carbocycles. The van der Waals surface area contributed by atoms with Crippen molar-refractivity contribution in [2.75, 3.05) is 32.8 Å². The SMILES string of the molecule is CCCCOc1ccc(C(=O)N2CC[NH+](Cc3ccccc3)CC2)cc1. The Morgan fingerprint density at radius 2 is 1.73 bits per heavy atom. The van der Waals surface area contributed by atoms with E-state index in [4.69, 9.17) is 4.74 Å². The van der Waals surface area contributed by atoms with Crippen molar-refractivity contribution in [1.29, 1.82) is 0 Å². The number of nitrogens with zero attached hydrogens (tertiary/aromatic N) is 1. The minimum Gasteiger partial charge on any atom is -0.494 e. The van der Waals surface area contributed by atoms with Gasteiger partial charge in [0, 0.05) is 11.1 Å². The highest BCUT2D eigenvalue weighted by Crippen LogP contribution is 2.14. The molecule has 1 heterocycles. The maximum Gasteiger partial charge on any atom is 0.254 e. The number of carbonyl (C=O) groups excluding carboxylic acids is 1. The molecule has 1 aliphatic rings. The summed E-state index contributed by atoms with van der Waals surface area (Å²) in [5.74, 6) is 0.969. The van der Waals surface area contributed by atoms with Crippen LogP contribution in [0.4, 0.5) is 0 Å². The molecule has 1 aliphatic heterocycles. The predicted octanol–water partition coefficient (Wildman–Crippen LogP) is 2.41. The van der Waals surface area contributed by atoms with Gasteiger partial charge >= 0.3 is 0 Å². The van der Waals surface area contributed by atoms with Crippen molar-refractivity contribution in [1.82, 2.24) is 4.90 Å². The van der Waals surface area contributed by atoms with Crippen molar-refractivity contribution >= 4 is 5.91 Å². The van der Waals surface area contributed by atoms with E-state index in [-0.39, 0.29) is 5.91 Å². The van der Waals surface area contributed by atoms with Crippen LogP contribution in [0.15, 0.2) is 54.6 Å². The lowest BCUT2D eigenvalue weighted by Gasteiger charge is -2.32. The number of unbranched alkanes of at least 4 members (excludes halogenated alkanes) is 1. The molecule has 4 heteroatoms. The summed E-state index contributed by atoms with van der Waals surface area (Å²) in [5, 5.41) is 0. The first-order valence-corrected chi connectivity index (χ1v) is 9.66. The van der Waals surface area contributed by atoms with Gasteiger partial charge in [-0.1, -0.05) is 43.7 Å². The molecule has 2 aromatic carbocycles. The summed E-state index contributed by atoms with van der Waals surface area (Å²) in [7, 11) is 0. The summed E-state index contributed by atoms with van der Waals surface area (Å²) >= 11 is 0. The Bertz CT molecular complexity index is 677. The number of carbonyl (C=O) groups is 1. The first kappa shape index (κ1) is 18.5. The van der Waals surface area contributed by atoms with Crippen LogP contribution >= 0.6 is 0 Å². The Morgan fingerprint density at radius 1 is 1.04 bits per heavy atom. The highest BCUT2D eigenvalue weighted by molar-refractivity contribution is 5.94. The summed E-state index contributed by atoms with van der Waals surface area (Å²) in [5.41, 5.74) is 2.11. The van der Waals surface area contributed by atoms with Crippen molar-refractivity contribution in [3.05, 3.63) is 65.7 Å². The fourth-order valence-electron chi connectivity index (χ4n) is 3.30. The average molecular weight is 353 g/mol. The van der Waals surface area contributed by atoms with E-state index in [1.165, 1.54) is 5.56 Å². The van der Waals surface area contributed by atoms with Crippen LogP contribution in [0.25, 0.3) is 0 Å². The standard InChI is InChI=1S/C22H28N2O2/c1-2-3-17-26-21-11-9-20(10-12-21)22(25)24-15-13-23(14-16-24)18-19-7-5-4-6-8-19/h4-12H,2-3,13-18H2,1H3/p+1. The largest absolute Gasteiger partial charge is 0.494 e. The molecule has 0 radical (unpaired) electrons. The molecular weight excluding hydrogens is 324 g/mol. The summed E-state index contributed by atoms with van der Waals surface area (Å²) in [4.78, 5) is 16.2. The van der Waals surface area contributed by atoms with Crippen LogP contribution in [0.3, 0.4) is 0 Å². The van der Waals surface area contributed by atoms with Crippen LogP contribution in [0, 0.1) is 0 Å². The minimum absolute atomic E-state index is 0.129. The Hall–Kier alpha value is -2.33. The van der Waals surface area contributed by atoms with E-state index in [0.717, 1.165) is 63.5 Å². The summed E-state index contributed by atoms with van der Waals surface area (Å²) in [6, 6.07) is 18.1. The van der Waals surface area contributed by atoms with Gasteiger partial charge in [-0.15, -0.1) is 0 Å². The molecule has 0 spiro atoms. The third-order valence-corrected chi connectivity index (χ3v) is 4.92. The lowest BCUT2D eigenvalue weighted by Crippen LogP contribution is -3.13. The number of hydrogen-bond acceptors (Lipinski definition) is 2. The Kier molecular flexibility index (Phi) is 6.67. The molecule has 1 fully saturated rings. The maximum atomic E-state index is 12.7. The molecule has 1 amide bonds. The van der Waals surface area contributed by atoms with Crippen molar-refractivity contribution in [2.24, 2.45) is 0 Å². The molecule has 1 saturated heterocycles. The number of nitrogens with one attached hydrogen (secondary N) is 1. The highest BCUT2D eigenvalue weighted by Gasteiger charge is 2.24. The van der Waals surface area contributed by atoms with Gasteiger partial charge in [-0.3, -0.25) is 4.79 Å². The van der Waals surface area contributed by atoms with E-state index in [2.05, 4.69) is 37.3 Å². The van der Waals surface area contributed by atoms with Gasteiger partial charge in [0.2, 0.25) is 0 Å². The van der Waals surface area contributed by atoms with Gasteiger partial charge in [0.15, 0.2) is 0 Å². The second-order valence-electron chi connectivity index (χ2n) is 6.93. The molecule has 4 nitrogen and oxygen atoms in total. The Balaban J connectivity index is 1.48. The van der Waals surface area contributed by atoms with Crippen LogP contribution in [-0.2, 0) is 6.54 Å². The third-order valence-electron chi connectivity index (χ3n) is 4.92. The number of amides is 1. The average Bonchev–Trinajstić information content (AvgIpc) is 2.70. The molecule has 2 aromatic rings. The zero-order valence-electron chi connectivity index (χ0n) is 15.6. The molecule has 0 atom stereocenters. The van der Waals surface area contributed by atoms with Gasteiger partial charge < -0.3 is 14.5 Å². The van der Waals surface area contributed by atoms with Crippen molar-refractivity contribution in [3.63, 3.8) is 0 Å². The van der Waals surface area contributed by atoms with Gasteiger partial charge in [-0.2, -0.15) is 0 Å². The van der Waals surface area contributed by atoms with E-state index in [0.29, 0.717) is 0 Å². The fourth-order valence-corrected chi connectivity index (χ4v) is 3.30. The minimum atomic E-state index is 0.129. The molecule has 1 N–H and O–H groups in total. The first-order chi connectivity index (χ1) is 12.8. The van der Waals surface area contributed by atoms with E-state index in [9.17, 15) is 4.79 Å². The smallest absolute Gasteiger partial charge is 0.254 e.